The number of carbonyl (C=O) groups is 2. The summed E-state index contributed by atoms with van der Waals surface area (Å²) in [4.78, 5) is 27.0. The first-order valence-corrected chi connectivity index (χ1v) is 8.75. The van der Waals surface area contributed by atoms with Crippen LogP contribution in [0.5, 0.6) is 0 Å². The van der Waals surface area contributed by atoms with Crippen molar-refractivity contribution >= 4 is 17.5 Å². The SMILES string of the molecule is CC(C)(C)C(=O)N1CCC(CC(C)(C)C(=O)Nc2ccccc2)C1. The van der Waals surface area contributed by atoms with Gasteiger partial charge in [0.2, 0.25) is 11.8 Å². The van der Waals surface area contributed by atoms with Crippen LogP contribution < -0.4 is 5.32 Å². The molecule has 1 aliphatic rings. The molecule has 132 valence electrons. The fourth-order valence-electron chi connectivity index (χ4n) is 3.29. The summed E-state index contributed by atoms with van der Waals surface area (Å²) >= 11 is 0. The van der Waals surface area contributed by atoms with Crippen LogP contribution in [0.3, 0.4) is 0 Å². The van der Waals surface area contributed by atoms with Crippen molar-refractivity contribution in [2.75, 3.05) is 18.4 Å². The summed E-state index contributed by atoms with van der Waals surface area (Å²) in [6.45, 7) is 11.4. The first-order valence-electron chi connectivity index (χ1n) is 8.75. The Hall–Kier alpha value is -1.84. The van der Waals surface area contributed by atoms with Gasteiger partial charge in [-0.3, -0.25) is 9.59 Å². The van der Waals surface area contributed by atoms with E-state index >= 15 is 0 Å². The molecule has 2 rings (SSSR count). The third-order valence-corrected chi connectivity index (χ3v) is 4.66. The number of carbonyl (C=O) groups excluding carboxylic acids is 2. The van der Waals surface area contributed by atoms with Crippen LogP contribution in [0.4, 0.5) is 5.69 Å². The van der Waals surface area contributed by atoms with Gasteiger partial charge in [-0.2, -0.15) is 0 Å². The zero-order chi connectivity index (χ0) is 18.0. The van der Waals surface area contributed by atoms with Crippen molar-refractivity contribution in [2.24, 2.45) is 16.7 Å². The summed E-state index contributed by atoms with van der Waals surface area (Å²) in [5, 5.41) is 2.99. The topological polar surface area (TPSA) is 49.4 Å². The molecule has 0 spiro atoms. The van der Waals surface area contributed by atoms with Crippen LogP contribution in [0.15, 0.2) is 30.3 Å². The molecular formula is C20H30N2O2. The maximum absolute atomic E-state index is 12.6. The summed E-state index contributed by atoms with van der Waals surface area (Å²) in [5.41, 5.74) is 0.0302. The van der Waals surface area contributed by atoms with E-state index in [4.69, 9.17) is 0 Å². The van der Waals surface area contributed by atoms with Gasteiger partial charge in [-0.25, -0.2) is 0 Å². The van der Waals surface area contributed by atoms with Crippen molar-refractivity contribution < 1.29 is 9.59 Å². The van der Waals surface area contributed by atoms with Crippen LogP contribution in [0.1, 0.15) is 47.5 Å². The Kier molecular flexibility index (Phi) is 5.36. The quantitative estimate of drug-likeness (QED) is 0.909. The van der Waals surface area contributed by atoms with Gasteiger partial charge < -0.3 is 10.2 Å². The highest BCUT2D eigenvalue weighted by Crippen LogP contribution is 2.33. The molecular weight excluding hydrogens is 300 g/mol. The van der Waals surface area contributed by atoms with Crippen molar-refractivity contribution in [3.8, 4) is 0 Å². The largest absolute Gasteiger partial charge is 0.342 e. The Labute approximate surface area is 145 Å². The first-order chi connectivity index (χ1) is 11.1. The number of benzene rings is 1. The second-order valence-corrected chi connectivity index (χ2v) is 8.56. The number of likely N-dealkylation sites (tertiary alicyclic amines) is 1. The number of rotatable bonds is 4. The van der Waals surface area contributed by atoms with E-state index < -0.39 is 5.41 Å². The average molecular weight is 330 g/mol. The van der Waals surface area contributed by atoms with Gasteiger partial charge in [0.1, 0.15) is 0 Å². The van der Waals surface area contributed by atoms with Gasteiger partial charge in [-0.15, -0.1) is 0 Å². The third kappa shape index (κ3) is 4.59. The number of nitrogens with zero attached hydrogens (tertiary/aromatic N) is 1. The molecule has 0 radical (unpaired) electrons. The van der Waals surface area contributed by atoms with E-state index in [1.165, 1.54) is 0 Å². The minimum atomic E-state index is -0.457. The van der Waals surface area contributed by atoms with Crippen molar-refractivity contribution in [2.45, 2.75) is 47.5 Å². The van der Waals surface area contributed by atoms with E-state index in [1.54, 1.807) is 0 Å². The number of hydrogen-bond donors (Lipinski definition) is 1. The maximum atomic E-state index is 12.6. The molecule has 1 N–H and O–H groups in total. The van der Waals surface area contributed by atoms with Crippen molar-refractivity contribution in [3.63, 3.8) is 0 Å². The van der Waals surface area contributed by atoms with Crippen LogP contribution in [-0.2, 0) is 9.59 Å². The van der Waals surface area contributed by atoms with Crippen LogP contribution >= 0.6 is 0 Å². The van der Waals surface area contributed by atoms with E-state index in [0.717, 1.165) is 31.6 Å². The van der Waals surface area contributed by atoms with Crippen LogP contribution in [0.25, 0.3) is 0 Å². The van der Waals surface area contributed by atoms with Gasteiger partial charge in [0.05, 0.1) is 0 Å². The molecule has 0 aromatic heterocycles. The summed E-state index contributed by atoms with van der Waals surface area (Å²) < 4.78 is 0. The molecule has 4 heteroatoms. The van der Waals surface area contributed by atoms with Crippen LogP contribution in [-0.4, -0.2) is 29.8 Å². The lowest BCUT2D eigenvalue weighted by molar-refractivity contribution is -0.138. The van der Waals surface area contributed by atoms with E-state index in [9.17, 15) is 9.59 Å². The number of hydrogen-bond acceptors (Lipinski definition) is 2. The highest BCUT2D eigenvalue weighted by Gasteiger charge is 2.37. The third-order valence-electron chi connectivity index (χ3n) is 4.66. The summed E-state index contributed by atoms with van der Waals surface area (Å²) in [7, 11) is 0. The summed E-state index contributed by atoms with van der Waals surface area (Å²) in [6, 6.07) is 9.55. The summed E-state index contributed by atoms with van der Waals surface area (Å²) in [5.74, 6) is 0.624. The molecule has 0 saturated carbocycles. The van der Waals surface area contributed by atoms with Crippen LogP contribution in [0.2, 0.25) is 0 Å². The summed E-state index contributed by atoms with van der Waals surface area (Å²) in [6.07, 6.45) is 1.77. The van der Waals surface area contributed by atoms with E-state index in [-0.39, 0.29) is 17.2 Å². The molecule has 1 atom stereocenters. The number of amides is 2. The second kappa shape index (κ2) is 6.96. The van der Waals surface area contributed by atoms with E-state index in [0.29, 0.717) is 5.92 Å². The standard InChI is InChI=1S/C20H30N2O2/c1-19(2,3)18(24)22-12-11-15(14-22)13-20(4,5)17(23)21-16-9-7-6-8-10-16/h6-10,15H,11-14H2,1-5H3,(H,21,23). The molecule has 1 fully saturated rings. The van der Waals surface area contributed by atoms with E-state index in [1.807, 2.05) is 69.9 Å². The molecule has 1 aromatic rings. The van der Waals surface area contributed by atoms with Gasteiger partial charge >= 0.3 is 0 Å². The van der Waals surface area contributed by atoms with Crippen molar-refractivity contribution in [1.82, 2.24) is 4.90 Å². The maximum Gasteiger partial charge on any atom is 0.230 e. The molecule has 0 aliphatic carbocycles. The van der Waals surface area contributed by atoms with Gasteiger partial charge in [-0.05, 0) is 30.9 Å². The normalized spacial score (nSPS) is 18.5. The fourth-order valence-corrected chi connectivity index (χ4v) is 3.29. The predicted molar refractivity (Wildman–Crippen MR) is 97.6 cm³/mol. The van der Waals surface area contributed by atoms with Gasteiger partial charge in [0.25, 0.3) is 0 Å². The Morgan fingerprint density at radius 1 is 1.12 bits per heavy atom. The minimum Gasteiger partial charge on any atom is -0.342 e. The minimum absolute atomic E-state index is 0.0364. The Morgan fingerprint density at radius 2 is 1.75 bits per heavy atom. The molecule has 1 aromatic carbocycles. The van der Waals surface area contributed by atoms with Crippen molar-refractivity contribution in [3.05, 3.63) is 30.3 Å². The molecule has 1 aliphatic heterocycles. The number of nitrogens with one attached hydrogen (secondary N) is 1. The van der Waals surface area contributed by atoms with Gasteiger partial charge in [0.15, 0.2) is 0 Å². The van der Waals surface area contributed by atoms with Crippen LogP contribution in [0, 0.1) is 16.7 Å². The van der Waals surface area contributed by atoms with Gasteiger partial charge in [0, 0.05) is 29.6 Å². The lowest BCUT2D eigenvalue weighted by Crippen LogP contribution is -2.38. The number of anilines is 1. The highest BCUT2D eigenvalue weighted by atomic mass is 16.2. The van der Waals surface area contributed by atoms with Gasteiger partial charge in [-0.1, -0.05) is 52.8 Å². The zero-order valence-corrected chi connectivity index (χ0v) is 15.6. The lowest BCUT2D eigenvalue weighted by Gasteiger charge is -2.28. The van der Waals surface area contributed by atoms with E-state index in [2.05, 4.69) is 5.32 Å². The molecule has 1 saturated heterocycles. The Bertz CT molecular complexity index is 587. The first kappa shape index (κ1) is 18.5. The lowest BCUT2D eigenvalue weighted by atomic mass is 9.81. The predicted octanol–water partition coefficient (Wildman–Crippen LogP) is 3.94. The molecule has 24 heavy (non-hydrogen) atoms. The molecule has 2 amide bonds. The number of para-hydroxylation sites is 1. The smallest absolute Gasteiger partial charge is 0.230 e. The average Bonchev–Trinajstić information content (AvgIpc) is 2.94. The second-order valence-electron chi connectivity index (χ2n) is 8.56. The fraction of sp³-hybridized carbons (Fsp3) is 0.600. The Balaban J connectivity index is 1.92. The molecule has 1 heterocycles. The molecule has 1 unspecified atom stereocenters. The monoisotopic (exact) mass is 330 g/mol. The highest BCUT2D eigenvalue weighted by molar-refractivity contribution is 5.94. The molecule has 0 bridgehead atoms. The van der Waals surface area contributed by atoms with Crippen molar-refractivity contribution in [1.29, 1.82) is 0 Å². The Morgan fingerprint density at radius 3 is 2.33 bits per heavy atom. The zero-order valence-electron chi connectivity index (χ0n) is 15.6. The molecule has 4 nitrogen and oxygen atoms in total.